The third kappa shape index (κ3) is 4.01. The van der Waals surface area contributed by atoms with Crippen LogP contribution in [-0.4, -0.2) is 34.9 Å². The second-order valence-corrected chi connectivity index (χ2v) is 5.99. The molecule has 144 valence electrons. The number of hydrogen-bond acceptors (Lipinski definition) is 5. The minimum atomic E-state index is -1.10. The molecule has 0 bridgehead atoms. The topological polar surface area (TPSA) is 96.4 Å². The lowest BCUT2D eigenvalue weighted by Crippen LogP contribution is -2.30. The molecule has 3 rings (SSSR count). The molecule has 0 aliphatic rings. The first-order chi connectivity index (χ1) is 13.4. The molecule has 2 N–H and O–H groups in total. The van der Waals surface area contributed by atoms with Crippen molar-refractivity contribution in [1.82, 2.24) is 9.78 Å². The van der Waals surface area contributed by atoms with Crippen LogP contribution in [0.1, 0.15) is 17.3 Å². The summed E-state index contributed by atoms with van der Waals surface area (Å²) in [7, 11) is 1.53. The largest absolute Gasteiger partial charge is 0.497 e. The zero-order valence-corrected chi connectivity index (χ0v) is 15.3. The van der Waals surface area contributed by atoms with Gasteiger partial charge in [0.25, 0.3) is 5.91 Å². The van der Waals surface area contributed by atoms with Crippen LogP contribution < -0.4 is 10.5 Å². The summed E-state index contributed by atoms with van der Waals surface area (Å²) in [4.78, 5) is 23.9. The second-order valence-electron chi connectivity index (χ2n) is 5.99. The fourth-order valence-corrected chi connectivity index (χ4v) is 2.52. The molecule has 1 amide bonds. The first-order valence-electron chi connectivity index (χ1n) is 8.39. The number of ether oxygens (including phenoxy) is 2. The van der Waals surface area contributed by atoms with Crippen LogP contribution in [0.5, 0.6) is 5.75 Å². The number of benzene rings is 2. The van der Waals surface area contributed by atoms with Gasteiger partial charge in [0.15, 0.2) is 6.10 Å². The van der Waals surface area contributed by atoms with Gasteiger partial charge in [-0.1, -0.05) is 12.1 Å². The van der Waals surface area contributed by atoms with Gasteiger partial charge in [-0.25, -0.2) is 13.9 Å². The van der Waals surface area contributed by atoms with E-state index in [1.165, 1.54) is 49.2 Å². The summed E-state index contributed by atoms with van der Waals surface area (Å²) >= 11 is 0. The molecule has 0 fully saturated rings. The summed E-state index contributed by atoms with van der Waals surface area (Å²) in [5.74, 6) is -1.32. The number of rotatable bonds is 6. The van der Waals surface area contributed by atoms with Crippen LogP contribution in [-0.2, 0) is 9.53 Å². The van der Waals surface area contributed by atoms with E-state index < -0.39 is 18.0 Å². The molecule has 1 heterocycles. The number of esters is 1. The Hall–Kier alpha value is -3.68. The Labute approximate surface area is 160 Å². The van der Waals surface area contributed by atoms with E-state index >= 15 is 0 Å². The first-order valence-corrected chi connectivity index (χ1v) is 8.39. The molecular weight excluding hydrogens is 365 g/mol. The molecule has 0 saturated carbocycles. The number of aromatic nitrogens is 2. The van der Waals surface area contributed by atoms with Gasteiger partial charge in [0.2, 0.25) is 0 Å². The maximum Gasteiger partial charge on any atom is 0.342 e. The highest BCUT2D eigenvalue weighted by Gasteiger charge is 2.23. The Kier molecular flexibility index (Phi) is 5.39. The fourth-order valence-electron chi connectivity index (χ4n) is 2.52. The average Bonchev–Trinajstić information content (AvgIpc) is 3.14. The Morgan fingerprint density at radius 2 is 1.89 bits per heavy atom. The van der Waals surface area contributed by atoms with E-state index in [1.54, 1.807) is 24.3 Å². The van der Waals surface area contributed by atoms with Gasteiger partial charge in [-0.2, -0.15) is 5.10 Å². The number of amides is 1. The van der Waals surface area contributed by atoms with Gasteiger partial charge in [0, 0.05) is 11.8 Å². The van der Waals surface area contributed by atoms with Gasteiger partial charge >= 0.3 is 5.97 Å². The van der Waals surface area contributed by atoms with Crippen molar-refractivity contribution in [3.05, 3.63) is 66.1 Å². The van der Waals surface area contributed by atoms with Gasteiger partial charge in [0.1, 0.15) is 22.8 Å². The number of hydrogen-bond donors (Lipinski definition) is 1. The van der Waals surface area contributed by atoms with Crippen LogP contribution in [0.2, 0.25) is 0 Å². The monoisotopic (exact) mass is 383 g/mol. The van der Waals surface area contributed by atoms with Gasteiger partial charge < -0.3 is 15.2 Å². The van der Waals surface area contributed by atoms with Crippen molar-refractivity contribution in [1.29, 1.82) is 0 Å². The molecule has 0 aliphatic carbocycles. The van der Waals surface area contributed by atoms with Gasteiger partial charge in [-0.3, -0.25) is 4.79 Å². The summed E-state index contributed by atoms with van der Waals surface area (Å²) in [5.41, 5.74) is 6.78. The molecule has 0 saturated heterocycles. The van der Waals surface area contributed by atoms with Crippen LogP contribution >= 0.6 is 0 Å². The summed E-state index contributed by atoms with van der Waals surface area (Å²) < 4.78 is 25.0. The Morgan fingerprint density at radius 3 is 2.54 bits per heavy atom. The van der Waals surface area contributed by atoms with E-state index in [9.17, 15) is 14.0 Å². The van der Waals surface area contributed by atoms with Crippen molar-refractivity contribution in [3.63, 3.8) is 0 Å². The lowest BCUT2D eigenvalue weighted by molar-refractivity contribution is -0.125. The number of carbonyl (C=O) groups is 2. The molecule has 0 spiro atoms. The van der Waals surface area contributed by atoms with Crippen LogP contribution in [0.15, 0.2) is 54.7 Å². The third-order valence-corrected chi connectivity index (χ3v) is 4.05. The van der Waals surface area contributed by atoms with Crippen LogP contribution in [0.25, 0.3) is 16.9 Å². The number of nitrogens with zero attached hydrogens (tertiary/aromatic N) is 2. The van der Waals surface area contributed by atoms with Gasteiger partial charge in [-0.15, -0.1) is 0 Å². The van der Waals surface area contributed by atoms with Crippen molar-refractivity contribution >= 4 is 11.9 Å². The summed E-state index contributed by atoms with van der Waals surface area (Å²) in [6.07, 6.45) is 0.359. The molecule has 0 radical (unpaired) electrons. The fraction of sp³-hybridized carbons (Fsp3) is 0.150. The molecule has 0 aliphatic heterocycles. The van der Waals surface area contributed by atoms with E-state index in [1.807, 2.05) is 0 Å². The number of methoxy groups -OCH3 is 1. The summed E-state index contributed by atoms with van der Waals surface area (Å²) in [6.45, 7) is 1.38. The van der Waals surface area contributed by atoms with E-state index in [-0.39, 0.29) is 11.4 Å². The number of halogens is 1. The molecule has 1 atom stereocenters. The molecule has 3 aromatic rings. The van der Waals surface area contributed by atoms with Crippen LogP contribution in [0, 0.1) is 5.82 Å². The molecule has 0 unspecified atom stereocenters. The molecule has 8 heteroatoms. The lowest BCUT2D eigenvalue weighted by atomic mass is 10.1. The van der Waals surface area contributed by atoms with E-state index in [0.29, 0.717) is 22.7 Å². The van der Waals surface area contributed by atoms with Crippen LogP contribution in [0.4, 0.5) is 4.39 Å². The SMILES string of the molecule is COc1cccc(-c2nn(-c3ccc(F)cc3)cc2C(=O)O[C@H](C)C(N)=O)c1. The molecule has 1 aromatic heterocycles. The zero-order valence-electron chi connectivity index (χ0n) is 15.3. The first kappa shape index (κ1) is 19.1. The van der Waals surface area contributed by atoms with Crippen molar-refractivity contribution in [2.24, 2.45) is 5.73 Å². The highest BCUT2D eigenvalue weighted by Crippen LogP contribution is 2.27. The Morgan fingerprint density at radius 1 is 1.18 bits per heavy atom. The van der Waals surface area contributed by atoms with Crippen LogP contribution in [0.3, 0.4) is 0 Å². The maximum atomic E-state index is 13.2. The minimum Gasteiger partial charge on any atom is -0.497 e. The molecule has 7 nitrogen and oxygen atoms in total. The van der Waals surface area contributed by atoms with E-state index in [4.69, 9.17) is 15.2 Å². The predicted molar refractivity (Wildman–Crippen MR) is 99.6 cm³/mol. The van der Waals surface area contributed by atoms with Crippen molar-refractivity contribution in [2.75, 3.05) is 7.11 Å². The number of carbonyl (C=O) groups excluding carboxylic acids is 2. The average molecular weight is 383 g/mol. The van der Waals surface area contributed by atoms with E-state index in [0.717, 1.165) is 0 Å². The van der Waals surface area contributed by atoms with Crippen molar-refractivity contribution in [3.8, 4) is 22.7 Å². The standard InChI is InChI=1S/C20H18FN3O4/c1-12(19(22)25)28-20(26)17-11-24(15-8-6-14(21)7-9-15)23-18(17)13-4-3-5-16(10-13)27-2/h3-12H,1-2H3,(H2,22,25)/t12-/m1/s1. The maximum absolute atomic E-state index is 13.2. The Balaban J connectivity index is 2.08. The van der Waals surface area contributed by atoms with E-state index in [2.05, 4.69) is 5.10 Å². The lowest BCUT2D eigenvalue weighted by Gasteiger charge is -2.09. The van der Waals surface area contributed by atoms with Crippen molar-refractivity contribution < 1.29 is 23.5 Å². The summed E-state index contributed by atoms with van der Waals surface area (Å²) in [5, 5.41) is 4.45. The summed E-state index contributed by atoms with van der Waals surface area (Å²) in [6, 6.07) is 12.6. The second kappa shape index (κ2) is 7.91. The molecular formula is C20H18FN3O4. The highest BCUT2D eigenvalue weighted by molar-refractivity contribution is 5.97. The quantitative estimate of drug-likeness (QED) is 0.660. The molecule has 2 aromatic carbocycles. The van der Waals surface area contributed by atoms with Gasteiger partial charge in [-0.05, 0) is 43.3 Å². The number of primary amides is 1. The molecule has 28 heavy (non-hydrogen) atoms. The smallest absolute Gasteiger partial charge is 0.342 e. The zero-order chi connectivity index (χ0) is 20.3. The predicted octanol–water partition coefficient (Wildman–Crippen LogP) is 2.72. The number of nitrogens with two attached hydrogens (primary N) is 1. The minimum absolute atomic E-state index is 0.130. The van der Waals surface area contributed by atoms with Gasteiger partial charge in [0.05, 0.1) is 12.8 Å². The van der Waals surface area contributed by atoms with Crippen molar-refractivity contribution in [2.45, 2.75) is 13.0 Å². The highest BCUT2D eigenvalue weighted by atomic mass is 19.1. The normalized spacial score (nSPS) is 11.7. The Bertz CT molecular complexity index is 1010. The third-order valence-electron chi connectivity index (χ3n) is 4.05.